The number of hydrogen-bond donors (Lipinski definition) is 0. The van der Waals surface area contributed by atoms with Crippen LogP contribution in [0.5, 0.6) is 0 Å². The molecule has 0 amide bonds. The molecule has 0 unspecified atom stereocenters. The van der Waals surface area contributed by atoms with Crippen molar-refractivity contribution >= 4 is 112 Å². The van der Waals surface area contributed by atoms with Gasteiger partial charge in [0.05, 0.1) is 22.1 Å². The Morgan fingerprint density at radius 2 is 1.13 bits per heavy atom. The highest BCUT2D eigenvalue weighted by atomic mass is 16.3. The first-order chi connectivity index (χ1) is 29.4. The molecule has 6 heteroatoms. The molecular weight excluding hydrogens is 735 g/mol. The van der Waals surface area contributed by atoms with Gasteiger partial charge in [-0.1, -0.05) is 136 Å². The maximum atomic E-state index is 7.01. The third-order valence-electron chi connectivity index (χ3n) is 13.3. The van der Waals surface area contributed by atoms with Crippen LogP contribution in [0.15, 0.2) is 171 Å². The normalized spacial score (nSPS) is 13.5. The smallest absolute Gasteiger partial charge is 0.336 e. The van der Waals surface area contributed by atoms with Crippen molar-refractivity contribution < 1.29 is 13.3 Å². The van der Waals surface area contributed by atoms with Gasteiger partial charge in [-0.2, -0.15) is 0 Å². The maximum Gasteiger partial charge on any atom is 0.336 e. The van der Waals surface area contributed by atoms with Crippen LogP contribution in [0.25, 0.3) is 99.1 Å². The van der Waals surface area contributed by atoms with Gasteiger partial charge in [-0.05, 0) is 69.4 Å². The number of nitrogens with zero attached hydrogens (tertiary/aromatic N) is 2. The molecule has 0 N–H and O–H groups in total. The maximum absolute atomic E-state index is 7.01. The lowest BCUT2D eigenvalue weighted by Gasteiger charge is -2.41. The predicted molar refractivity (Wildman–Crippen MR) is 248 cm³/mol. The van der Waals surface area contributed by atoms with E-state index in [0.29, 0.717) is 0 Å². The van der Waals surface area contributed by atoms with Crippen LogP contribution < -0.4 is 15.8 Å². The van der Waals surface area contributed by atoms with Gasteiger partial charge in [-0.3, -0.25) is 0 Å². The van der Waals surface area contributed by atoms with E-state index in [2.05, 4.69) is 188 Å². The Morgan fingerprint density at radius 1 is 0.483 bits per heavy atom. The molecule has 12 aromatic rings. The van der Waals surface area contributed by atoms with Crippen molar-refractivity contribution in [3.63, 3.8) is 0 Å². The number of fused-ring (bicyclic) bond motifs is 17. The minimum absolute atomic E-state index is 0.0607. The molecule has 0 radical (unpaired) electrons. The number of rotatable bonds is 2. The van der Waals surface area contributed by atoms with E-state index in [9.17, 15) is 0 Å². The van der Waals surface area contributed by atoms with E-state index >= 15 is 0 Å². The zero-order valence-electron chi connectivity index (χ0n) is 33.2. The monoisotopic (exact) mass is 770 g/mol. The molecule has 0 saturated carbocycles. The SMILES string of the molecule is CC(C)(C)c1ccc(N2c3cc4oc5ccccc5c4c4c3B(c3ccc5oc6ccccc6c5c32)n2c3oc5ccccc5c3c3cccc-4c32)c(-c2ccccc2)c1. The van der Waals surface area contributed by atoms with E-state index in [0.717, 1.165) is 94.1 Å². The van der Waals surface area contributed by atoms with Crippen LogP contribution in [-0.2, 0) is 5.41 Å². The molecule has 5 nitrogen and oxygen atoms in total. The summed E-state index contributed by atoms with van der Waals surface area (Å²) in [5.41, 5.74) is 18.0. The number of furan rings is 3. The first kappa shape index (κ1) is 32.5. The topological polar surface area (TPSA) is 47.6 Å². The summed E-state index contributed by atoms with van der Waals surface area (Å²) < 4.78 is 23.2. The van der Waals surface area contributed by atoms with Crippen LogP contribution in [0.1, 0.15) is 26.3 Å². The Morgan fingerprint density at radius 3 is 1.88 bits per heavy atom. The van der Waals surface area contributed by atoms with Gasteiger partial charge in [0.1, 0.15) is 27.9 Å². The Labute approximate surface area is 344 Å². The fraction of sp³-hybridized carbons (Fsp3) is 0.0741. The van der Waals surface area contributed by atoms with Crippen LogP contribution in [0.2, 0.25) is 0 Å². The molecule has 2 aliphatic heterocycles. The molecule has 282 valence electrons. The molecule has 0 atom stereocenters. The van der Waals surface area contributed by atoms with Crippen molar-refractivity contribution in [2.24, 2.45) is 0 Å². The summed E-state index contributed by atoms with van der Waals surface area (Å²) in [4.78, 5) is 2.53. The summed E-state index contributed by atoms with van der Waals surface area (Å²) >= 11 is 0. The van der Waals surface area contributed by atoms with Gasteiger partial charge in [0.25, 0.3) is 0 Å². The van der Waals surface area contributed by atoms with Gasteiger partial charge in [0.2, 0.25) is 0 Å². The van der Waals surface area contributed by atoms with Crippen LogP contribution in [0.4, 0.5) is 17.1 Å². The van der Waals surface area contributed by atoms with E-state index in [4.69, 9.17) is 13.3 Å². The fourth-order valence-electron chi connectivity index (χ4n) is 10.8. The average Bonchev–Trinajstić information content (AvgIpc) is 4.03. The molecule has 2 aliphatic rings. The van der Waals surface area contributed by atoms with Gasteiger partial charge >= 0.3 is 6.85 Å². The molecule has 8 aromatic carbocycles. The minimum Gasteiger partial charge on any atom is -0.456 e. The largest absolute Gasteiger partial charge is 0.456 e. The van der Waals surface area contributed by atoms with E-state index in [1.807, 2.05) is 0 Å². The molecule has 14 rings (SSSR count). The molecule has 0 saturated heterocycles. The van der Waals surface area contributed by atoms with Gasteiger partial charge in [0, 0.05) is 55.3 Å². The van der Waals surface area contributed by atoms with Crippen molar-refractivity contribution in [3.8, 4) is 22.3 Å². The highest BCUT2D eigenvalue weighted by molar-refractivity contribution is 6.91. The van der Waals surface area contributed by atoms with Crippen molar-refractivity contribution in [3.05, 3.63) is 163 Å². The quantitative estimate of drug-likeness (QED) is 0.164. The zero-order chi connectivity index (χ0) is 39.6. The second-order valence-electron chi connectivity index (χ2n) is 17.6. The van der Waals surface area contributed by atoms with E-state index in [1.165, 1.54) is 38.5 Å². The summed E-state index contributed by atoms with van der Waals surface area (Å²) in [6.45, 7) is 6.64. The van der Waals surface area contributed by atoms with Crippen LogP contribution in [0.3, 0.4) is 0 Å². The van der Waals surface area contributed by atoms with Crippen LogP contribution >= 0.6 is 0 Å². The number of hydrogen-bond acceptors (Lipinski definition) is 4. The molecule has 0 fully saturated rings. The Kier molecular flexibility index (Phi) is 6.06. The van der Waals surface area contributed by atoms with Gasteiger partial charge < -0.3 is 22.6 Å². The minimum atomic E-state index is -0.234. The average molecular weight is 771 g/mol. The van der Waals surface area contributed by atoms with Gasteiger partial charge in [-0.15, -0.1) is 0 Å². The molecule has 0 bridgehead atoms. The summed E-state index contributed by atoms with van der Waals surface area (Å²) in [7, 11) is 0. The van der Waals surface area contributed by atoms with Crippen molar-refractivity contribution in [2.45, 2.75) is 26.2 Å². The summed E-state index contributed by atoms with van der Waals surface area (Å²) in [6, 6.07) is 56.9. The molecule has 60 heavy (non-hydrogen) atoms. The van der Waals surface area contributed by atoms with Crippen molar-refractivity contribution in [1.82, 2.24) is 4.48 Å². The first-order valence-electron chi connectivity index (χ1n) is 20.8. The fourth-order valence-corrected chi connectivity index (χ4v) is 10.8. The van der Waals surface area contributed by atoms with E-state index < -0.39 is 0 Å². The summed E-state index contributed by atoms with van der Waals surface area (Å²) in [6.07, 6.45) is 0. The number of para-hydroxylation sites is 4. The second kappa shape index (κ2) is 11.2. The zero-order valence-corrected chi connectivity index (χ0v) is 33.2. The summed E-state index contributed by atoms with van der Waals surface area (Å²) in [5.74, 6) is 0. The number of aromatic nitrogens is 1. The van der Waals surface area contributed by atoms with Crippen LogP contribution in [-0.4, -0.2) is 11.3 Å². The number of anilines is 3. The predicted octanol–water partition coefficient (Wildman–Crippen LogP) is 13.7. The number of benzene rings is 8. The lowest BCUT2D eigenvalue weighted by molar-refractivity contribution is 0.590. The Hall–Kier alpha value is -7.44. The molecule has 0 aliphatic carbocycles. The Bertz CT molecular complexity index is 3840. The third-order valence-corrected chi connectivity index (χ3v) is 13.3. The highest BCUT2D eigenvalue weighted by Crippen LogP contribution is 2.53. The van der Waals surface area contributed by atoms with Gasteiger partial charge in [0.15, 0.2) is 5.71 Å². The first-order valence-corrected chi connectivity index (χ1v) is 20.8. The Balaban J connectivity index is 1.23. The lowest BCUT2D eigenvalue weighted by Crippen LogP contribution is -2.56. The summed E-state index contributed by atoms with van der Waals surface area (Å²) in [5, 5.41) is 7.88. The van der Waals surface area contributed by atoms with Crippen LogP contribution in [0, 0.1) is 0 Å². The van der Waals surface area contributed by atoms with E-state index in [-0.39, 0.29) is 12.3 Å². The second-order valence-corrected chi connectivity index (χ2v) is 17.6. The highest BCUT2D eigenvalue weighted by Gasteiger charge is 2.46. The van der Waals surface area contributed by atoms with Crippen molar-refractivity contribution in [2.75, 3.05) is 4.90 Å². The molecule has 4 aromatic heterocycles. The molecule has 6 heterocycles. The van der Waals surface area contributed by atoms with Crippen molar-refractivity contribution in [1.29, 1.82) is 0 Å². The van der Waals surface area contributed by atoms with E-state index in [1.54, 1.807) is 0 Å². The lowest BCUT2D eigenvalue weighted by atomic mass is 9.44. The molecule has 0 spiro atoms. The standard InChI is InChI=1S/C54H35BN2O3/c1-54(2,3)31-24-26-39(37(28-31)30-14-5-4-6-15-30)56-40-29-45-47(33-17-8-10-21-41(33)59-45)49-36-20-13-19-35-46-32-16-7-12-23-43(32)60-53(46)57(51(35)36)55(50(40)49)38-25-27-44-48(52(38)56)34-18-9-11-22-42(34)58-44/h4-29H,1-3H3. The third kappa shape index (κ3) is 4.03. The van der Waals surface area contributed by atoms with Gasteiger partial charge in [-0.25, -0.2) is 0 Å². The molecular formula is C54H35BN2O3.